The van der Waals surface area contributed by atoms with Crippen molar-refractivity contribution in [2.75, 3.05) is 19.6 Å². The molecule has 1 saturated heterocycles. The van der Waals surface area contributed by atoms with Crippen LogP contribution in [0, 0.1) is 12.8 Å². The SMILES string of the molecule is CC(C)=CCN1CCCC(Cn2ccnc2C)C1. The zero-order valence-corrected chi connectivity index (χ0v) is 11.9. The van der Waals surface area contributed by atoms with Crippen LogP contribution >= 0.6 is 0 Å². The summed E-state index contributed by atoms with van der Waals surface area (Å²) in [6.45, 7) is 11.2. The molecule has 3 heteroatoms. The van der Waals surface area contributed by atoms with E-state index < -0.39 is 0 Å². The smallest absolute Gasteiger partial charge is 0.105 e. The summed E-state index contributed by atoms with van der Waals surface area (Å²) in [6, 6.07) is 0. The van der Waals surface area contributed by atoms with Crippen LogP contribution in [0.5, 0.6) is 0 Å². The van der Waals surface area contributed by atoms with Crippen molar-refractivity contribution < 1.29 is 0 Å². The van der Waals surface area contributed by atoms with Crippen LogP contribution in [-0.2, 0) is 6.54 Å². The van der Waals surface area contributed by atoms with E-state index in [0.717, 1.165) is 24.8 Å². The summed E-state index contributed by atoms with van der Waals surface area (Å²) in [7, 11) is 0. The van der Waals surface area contributed by atoms with Crippen LogP contribution in [0.25, 0.3) is 0 Å². The first-order valence-corrected chi connectivity index (χ1v) is 6.98. The first kappa shape index (κ1) is 13.3. The lowest BCUT2D eigenvalue weighted by molar-refractivity contribution is 0.176. The Morgan fingerprint density at radius 2 is 2.33 bits per heavy atom. The maximum Gasteiger partial charge on any atom is 0.105 e. The van der Waals surface area contributed by atoms with Crippen molar-refractivity contribution in [3.05, 3.63) is 29.9 Å². The molecule has 0 aliphatic carbocycles. The summed E-state index contributed by atoms with van der Waals surface area (Å²) >= 11 is 0. The van der Waals surface area contributed by atoms with Crippen LogP contribution in [0.2, 0.25) is 0 Å². The number of nitrogens with zero attached hydrogens (tertiary/aromatic N) is 3. The van der Waals surface area contributed by atoms with Crippen molar-refractivity contribution in [1.82, 2.24) is 14.5 Å². The van der Waals surface area contributed by atoms with Gasteiger partial charge in [0.1, 0.15) is 5.82 Å². The lowest BCUT2D eigenvalue weighted by Crippen LogP contribution is -2.37. The highest BCUT2D eigenvalue weighted by Gasteiger charge is 2.19. The van der Waals surface area contributed by atoms with Crippen LogP contribution in [0.4, 0.5) is 0 Å². The fourth-order valence-electron chi connectivity index (χ4n) is 2.65. The third kappa shape index (κ3) is 3.70. The average Bonchev–Trinajstić information content (AvgIpc) is 2.73. The average molecular weight is 247 g/mol. The molecule has 1 atom stereocenters. The lowest BCUT2D eigenvalue weighted by atomic mass is 9.98. The molecule has 3 nitrogen and oxygen atoms in total. The maximum atomic E-state index is 4.30. The van der Waals surface area contributed by atoms with E-state index in [0.29, 0.717) is 0 Å². The standard InChI is InChI=1S/C15H25N3/c1-13(2)6-9-17-8-4-5-15(11-17)12-18-10-7-16-14(18)3/h6-7,10,15H,4-5,8-9,11-12H2,1-3H3. The van der Waals surface area contributed by atoms with Crippen molar-refractivity contribution in [3.8, 4) is 0 Å². The number of hydrogen-bond acceptors (Lipinski definition) is 2. The van der Waals surface area contributed by atoms with Crippen molar-refractivity contribution in [2.24, 2.45) is 5.92 Å². The molecule has 2 heterocycles. The van der Waals surface area contributed by atoms with Crippen LogP contribution in [0.15, 0.2) is 24.0 Å². The Morgan fingerprint density at radius 1 is 1.50 bits per heavy atom. The lowest BCUT2D eigenvalue weighted by Gasteiger charge is -2.32. The number of aryl methyl sites for hydroxylation is 1. The first-order chi connectivity index (χ1) is 8.65. The van der Waals surface area contributed by atoms with Gasteiger partial charge in [-0.1, -0.05) is 11.6 Å². The molecule has 0 saturated carbocycles. The third-order valence-corrected chi connectivity index (χ3v) is 3.74. The Hall–Kier alpha value is -1.09. The Bertz CT molecular complexity index is 402. The van der Waals surface area contributed by atoms with Crippen LogP contribution in [-0.4, -0.2) is 34.1 Å². The van der Waals surface area contributed by atoms with Crippen LogP contribution < -0.4 is 0 Å². The second kappa shape index (κ2) is 6.19. The molecule has 1 aromatic heterocycles. The van der Waals surface area contributed by atoms with Gasteiger partial charge in [-0.15, -0.1) is 0 Å². The molecular weight excluding hydrogens is 222 g/mol. The fourth-order valence-corrected chi connectivity index (χ4v) is 2.65. The van der Waals surface area contributed by atoms with Gasteiger partial charge in [0.25, 0.3) is 0 Å². The molecule has 1 aliphatic heterocycles. The van der Waals surface area contributed by atoms with Gasteiger partial charge < -0.3 is 4.57 Å². The minimum Gasteiger partial charge on any atom is -0.335 e. The van der Waals surface area contributed by atoms with E-state index in [4.69, 9.17) is 0 Å². The van der Waals surface area contributed by atoms with Gasteiger partial charge >= 0.3 is 0 Å². The Balaban J connectivity index is 1.87. The second-order valence-corrected chi connectivity index (χ2v) is 5.68. The Morgan fingerprint density at radius 3 is 3.00 bits per heavy atom. The topological polar surface area (TPSA) is 21.1 Å². The second-order valence-electron chi connectivity index (χ2n) is 5.68. The largest absolute Gasteiger partial charge is 0.335 e. The predicted octanol–water partition coefficient (Wildman–Crippen LogP) is 2.87. The number of rotatable bonds is 4. The molecule has 1 unspecified atom stereocenters. The highest BCUT2D eigenvalue weighted by Crippen LogP contribution is 2.18. The number of hydrogen-bond donors (Lipinski definition) is 0. The molecule has 0 spiro atoms. The summed E-state index contributed by atoms with van der Waals surface area (Å²) in [5, 5.41) is 0. The molecule has 1 fully saturated rings. The summed E-state index contributed by atoms with van der Waals surface area (Å²) < 4.78 is 2.29. The quantitative estimate of drug-likeness (QED) is 0.763. The van der Waals surface area contributed by atoms with E-state index in [9.17, 15) is 0 Å². The first-order valence-electron chi connectivity index (χ1n) is 6.98. The fraction of sp³-hybridized carbons (Fsp3) is 0.667. The summed E-state index contributed by atoms with van der Waals surface area (Å²) in [5.74, 6) is 1.91. The summed E-state index contributed by atoms with van der Waals surface area (Å²) in [5.41, 5.74) is 1.42. The van der Waals surface area contributed by atoms with Crippen molar-refractivity contribution >= 4 is 0 Å². The molecule has 0 N–H and O–H groups in total. The number of allylic oxidation sites excluding steroid dienone is 1. The van der Waals surface area contributed by atoms with Crippen molar-refractivity contribution in [2.45, 2.75) is 40.2 Å². The van der Waals surface area contributed by atoms with Gasteiger partial charge in [-0.2, -0.15) is 0 Å². The molecule has 0 radical (unpaired) electrons. The van der Waals surface area contributed by atoms with Gasteiger partial charge in [-0.3, -0.25) is 4.90 Å². The van der Waals surface area contributed by atoms with E-state index in [1.807, 2.05) is 6.20 Å². The predicted molar refractivity (Wildman–Crippen MR) is 75.6 cm³/mol. The summed E-state index contributed by atoms with van der Waals surface area (Å²) in [4.78, 5) is 6.88. The summed E-state index contributed by atoms with van der Waals surface area (Å²) in [6.07, 6.45) is 9.02. The van der Waals surface area contributed by atoms with Crippen LogP contribution in [0.3, 0.4) is 0 Å². The van der Waals surface area contributed by atoms with Gasteiger partial charge in [0.15, 0.2) is 0 Å². The minimum atomic E-state index is 0.775. The molecule has 0 amide bonds. The molecule has 0 aromatic carbocycles. The normalized spacial score (nSPS) is 20.9. The maximum absolute atomic E-state index is 4.30. The van der Waals surface area contributed by atoms with E-state index in [2.05, 4.69) is 47.5 Å². The number of likely N-dealkylation sites (tertiary alicyclic amines) is 1. The van der Waals surface area contributed by atoms with Gasteiger partial charge in [-0.25, -0.2) is 4.98 Å². The van der Waals surface area contributed by atoms with Gasteiger partial charge in [0.2, 0.25) is 0 Å². The zero-order valence-electron chi connectivity index (χ0n) is 11.9. The number of piperidine rings is 1. The molecule has 1 aromatic rings. The van der Waals surface area contributed by atoms with E-state index >= 15 is 0 Å². The molecule has 0 bridgehead atoms. The van der Waals surface area contributed by atoms with E-state index in [1.54, 1.807) is 0 Å². The van der Waals surface area contributed by atoms with Crippen LogP contribution in [0.1, 0.15) is 32.5 Å². The minimum absolute atomic E-state index is 0.775. The van der Waals surface area contributed by atoms with Crippen molar-refractivity contribution in [3.63, 3.8) is 0 Å². The zero-order chi connectivity index (χ0) is 13.0. The third-order valence-electron chi connectivity index (χ3n) is 3.74. The van der Waals surface area contributed by atoms with E-state index in [-0.39, 0.29) is 0 Å². The Labute approximate surface area is 111 Å². The Kier molecular flexibility index (Phi) is 4.59. The van der Waals surface area contributed by atoms with Gasteiger partial charge in [0, 0.05) is 32.0 Å². The molecule has 2 rings (SSSR count). The monoisotopic (exact) mass is 247 g/mol. The highest BCUT2D eigenvalue weighted by molar-refractivity contribution is 4.96. The molecule has 1 aliphatic rings. The van der Waals surface area contributed by atoms with Gasteiger partial charge in [-0.05, 0) is 46.1 Å². The van der Waals surface area contributed by atoms with Crippen molar-refractivity contribution in [1.29, 1.82) is 0 Å². The molecular formula is C15H25N3. The molecule has 100 valence electrons. The molecule has 18 heavy (non-hydrogen) atoms. The number of aromatic nitrogens is 2. The number of imidazole rings is 1. The van der Waals surface area contributed by atoms with Gasteiger partial charge in [0.05, 0.1) is 0 Å². The highest BCUT2D eigenvalue weighted by atomic mass is 15.1. The van der Waals surface area contributed by atoms with E-state index in [1.165, 1.54) is 31.5 Å².